The standard InChI is InChI=1S/C3H10Ge.CHF3O3S/c1-4(2)3;2-1(3,4)8(5,6)7/h4H,1-3H3;(H,5,6,7). The summed E-state index contributed by atoms with van der Waals surface area (Å²) in [4.78, 5) is 0. The zero-order valence-corrected chi connectivity index (χ0v) is 10.1. The van der Waals surface area contributed by atoms with Crippen molar-refractivity contribution in [3.05, 3.63) is 0 Å². The van der Waals surface area contributed by atoms with Gasteiger partial charge in [-0.15, -0.1) is 0 Å². The van der Waals surface area contributed by atoms with Gasteiger partial charge in [-0.05, 0) is 0 Å². The molecule has 0 atom stereocenters. The molecular formula is C4H11F3GeO3S. The summed E-state index contributed by atoms with van der Waals surface area (Å²) in [6.45, 7) is 0. The molecule has 8 heteroatoms. The van der Waals surface area contributed by atoms with Gasteiger partial charge >= 0.3 is 47.2 Å². The molecule has 0 radical (unpaired) electrons. The van der Waals surface area contributed by atoms with E-state index in [0.29, 0.717) is 0 Å². The van der Waals surface area contributed by atoms with Crippen LogP contribution < -0.4 is 0 Å². The van der Waals surface area contributed by atoms with Gasteiger partial charge in [-0.1, -0.05) is 0 Å². The van der Waals surface area contributed by atoms with Gasteiger partial charge in [0.15, 0.2) is 0 Å². The first-order chi connectivity index (χ1) is 4.98. The molecular weight excluding hydrogens is 258 g/mol. The second-order valence-electron chi connectivity index (χ2n) is 2.65. The fraction of sp³-hybridized carbons (Fsp3) is 1.00. The third-order valence-corrected chi connectivity index (χ3v) is 0.877. The zero-order valence-electron chi connectivity index (χ0n) is 6.88. The molecule has 12 heavy (non-hydrogen) atoms. The van der Waals surface area contributed by atoms with Crippen LogP contribution in [0, 0.1) is 0 Å². The monoisotopic (exact) mass is 270 g/mol. The van der Waals surface area contributed by atoms with Crippen molar-refractivity contribution in [1.82, 2.24) is 0 Å². The van der Waals surface area contributed by atoms with Crippen LogP contribution in [0.4, 0.5) is 13.2 Å². The van der Waals surface area contributed by atoms with Crippen molar-refractivity contribution < 1.29 is 26.1 Å². The summed E-state index contributed by atoms with van der Waals surface area (Å²) in [7, 11) is -5.84. The molecule has 0 saturated heterocycles. The second-order valence-corrected chi connectivity index (χ2v) is 11.3. The van der Waals surface area contributed by atoms with Gasteiger partial charge in [-0.25, -0.2) is 0 Å². The van der Waals surface area contributed by atoms with Gasteiger partial charge in [-0.2, -0.15) is 21.6 Å². The third-order valence-electron chi connectivity index (χ3n) is 0.292. The number of alkyl halides is 3. The Hall–Kier alpha value is 0.243. The summed E-state index contributed by atoms with van der Waals surface area (Å²) in [5.41, 5.74) is -5.53. The van der Waals surface area contributed by atoms with Crippen molar-refractivity contribution in [2.24, 2.45) is 0 Å². The van der Waals surface area contributed by atoms with Gasteiger partial charge < -0.3 is 0 Å². The number of hydrogen-bond donors (Lipinski definition) is 1. The van der Waals surface area contributed by atoms with E-state index in [0.717, 1.165) is 0 Å². The van der Waals surface area contributed by atoms with E-state index in [9.17, 15) is 13.2 Å². The van der Waals surface area contributed by atoms with Crippen LogP contribution in [-0.4, -0.2) is 32.8 Å². The molecule has 0 rings (SSSR count). The first-order valence-corrected chi connectivity index (χ1v) is 11.7. The van der Waals surface area contributed by atoms with E-state index in [1.165, 1.54) is 0 Å². The molecule has 0 unspecified atom stereocenters. The first-order valence-electron chi connectivity index (χ1n) is 3.02. The van der Waals surface area contributed by atoms with Gasteiger partial charge in [0.05, 0.1) is 0 Å². The zero-order chi connectivity index (χ0) is 10.6. The molecule has 76 valence electrons. The van der Waals surface area contributed by atoms with E-state index in [4.69, 9.17) is 13.0 Å². The van der Waals surface area contributed by atoms with E-state index < -0.39 is 30.0 Å². The van der Waals surface area contributed by atoms with Crippen molar-refractivity contribution in [2.45, 2.75) is 22.8 Å². The van der Waals surface area contributed by atoms with Crippen LogP contribution in [0.25, 0.3) is 0 Å². The summed E-state index contributed by atoms with van der Waals surface area (Å²) >= 11 is -0.479. The molecule has 0 bridgehead atoms. The molecule has 0 fully saturated rings. The SMILES string of the molecule is O=S(=O)(O)C(F)(F)F.[CH3][GeH]([CH3])[CH3]. The molecule has 0 aliphatic rings. The number of halogens is 3. The summed E-state index contributed by atoms with van der Waals surface area (Å²) < 4.78 is 57.5. The van der Waals surface area contributed by atoms with Crippen LogP contribution in [0.5, 0.6) is 0 Å². The normalized spacial score (nSPS) is 12.3. The Labute approximate surface area is 73.8 Å². The maximum atomic E-state index is 10.7. The molecule has 0 spiro atoms. The molecule has 0 amide bonds. The Morgan fingerprint density at radius 1 is 1.17 bits per heavy atom. The van der Waals surface area contributed by atoms with Crippen molar-refractivity contribution in [2.75, 3.05) is 0 Å². The molecule has 0 aromatic rings. The molecule has 0 saturated carbocycles. The van der Waals surface area contributed by atoms with Gasteiger partial charge in [-0.3, -0.25) is 4.55 Å². The van der Waals surface area contributed by atoms with Crippen LogP contribution in [0.1, 0.15) is 0 Å². The quantitative estimate of drug-likeness (QED) is 0.412. The fourth-order valence-corrected chi connectivity index (χ4v) is 0. The van der Waals surface area contributed by atoms with Crippen molar-refractivity contribution in [3.8, 4) is 0 Å². The first kappa shape index (κ1) is 14.8. The minimum absolute atomic E-state index is 0.479. The predicted octanol–water partition coefficient (Wildman–Crippen LogP) is 1.50. The van der Waals surface area contributed by atoms with E-state index in [-0.39, 0.29) is 0 Å². The van der Waals surface area contributed by atoms with Gasteiger partial charge in [0, 0.05) is 0 Å². The molecule has 1 N–H and O–H groups in total. The van der Waals surface area contributed by atoms with E-state index >= 15 is 0 Å². The molecule has 0 heterocycles. The summed E-state index contributed by atoms with van der Waals surface area (Å²) in [5.74, 6) is 7.06. The Bertz CT molecular complexity index is 205. The Morgan fingerprint density at radius 2 is 1.25 bits per heavy atom. The van der Waals surface area contributed by atoms with Crippen LogP contribution in [-0.2, 0) is 10.1 Å². The molecule has 3 nitrogen and oxygen atoms in total. The van der Waals surface area contributed by atoms with Crippen LogP contribution in [0.2, 0.25) is 17.3 Å². The average Bonchev–Trinajstić information content (AvgIpc) is 1.55. The van der Waals surface area contributed by atoms with Crippen molar-refractivity contribution in [3.63, 3.8) is 0 Å². The van der Waals surface area contributed by atoms with Crippen molar-refractivity contribution >= 4 is 24.5 Å². The molecule has 0 aliphatic carbocycles. The maximum absolute atomic E-state index is 10.7. The molecule has 0 aliphatic heterocycles. The van der Waals surface area contributed by atoms with E-state index in [2.05, 4.69) is 17.3 Å². The van der Waals surface area contributed by atoms with Crippen LogP contribution >= 0.6 is 0 Å². The van der Waals surface area contributed by atoms with Gasteiger partial charge in [0.2, 0.25) is 0 Å². The summed E-state index contributed by atoms with van der Waals surface area (Å²) in [6.07, 6.45) is 0. The van der Waals surface area contributed by atoms with Gasteiger partial charge in [0.25, 0.3) is 0 Å². The second kappa shape index (κ2) is 5.08. The van der Waals surface area contributed by atoms with E-state index in [1.807, 2.05) is 0 Å². The van der Waals surface area contributed by atoms with Crippen LogP contribution in [0.15, 0.2) is 0 Å². The number of rotatable bonds is 0. The van der Waals surface area contributed by atoms with Crippen LogP contribution in [0.3, 0.4) is 0 Å². The summed E-state index contributed by atoms with van der Waals surface area (Å²) in [6, 6.07) is 0. The topological polar surface area (TPSA) is 54.4 Å². The fourth-order valence-electron chi connectivity index (χ4n) is 0. The third kappa shape index (κ3) is 10.2. The Balaban J connectivity index is 0. The van der Waals surface area contributed by atoms with Crippen molar-refractivity contribution in [1.29, 1.82) is 0 Å². The number of hydrogen-bond acceptors (Lipinski definition) is 2. The summed E-state index contributed by atoms with van der Waals surface area (Å²) in [5, 5.41) is 0. The van der Waals surface area contributed by atoms with Gasteiger partial charge in [0.1, 0.15) is 0 Å². The predicted molar refractivity (Wildman–Crippen MR) is 42.3 cm³/mol. The molecule has 0 aromatic heterocycles. The average molecular weight is 269 g/mol. The minimum atomic E-state index is -5.84. The van der Waals surface area contributed by atoms with E-state index in [1.54, 1.807) is 0 Å². The Kier molecular flexibility index (Phi) is 6.24. The molecule has 0 aromatic carbocycles. The Morgan fingerprint density at radius 3 is 1.25 bits per heavy atom.